The second kappa shape index (κ2) is 4.16. The molecule has 15 heavy (non-hydrogen) atoms. The summed E-state index contributed by atoms with van der Waals surface area (Å²) >= 11 is 3.32. The highest BCUT2D eigenvalue weighted by Gasteiger charge is 2.18. The van der Waals surface area contributed by atoms with Crippen molar-refractivity contribution in [3.63, 3.8) is 0 Å². The number of furan rings is 1. The van der Waals surface area contributed by atoms with E-state index in [2.05, 4.69) is 20.9 Å². The third-order valence-corrected chi connectivity index (χ3v) is 2.91. The fourth-order valence-corrected chi connectivity index (χ4v) is 1.85. The highest BCUT2D eigenvalue weighted by Crippen LogP contribution is 2.30. The number of aliphatic hydroxyl groups is 1. The molecule has 2 heterocycles. The van der Waals surface area contributed by atoms with Gasteiger partial charge >= 0.3 is 0 Å². The largest absolute Gasteiger partial charge is 0.465 e. The van der Waals surface area contributed by atoms with E-state index in [0.717, 1.165) is 15.6 Å². The van der Waals surface area contributed by atoms with Crippen molar-refractivity contribution in [2.24, 2.45) is 0 Å². The number of aliphatic hydroxyl groups excluding tert-OH is 1. The summed E-state index contributed by atoms with van der Waals surface area (Å²) in [6.45, 7) is 1.91. The molecule has 0 aliphatic rings. The Kier molecular flexibility index (Phi) is 2.88. The minimum atomic E-state index is -0.752. The first kappa shape index (κ1) is 10.4. The second-order valence-electron chi connectivity index (χ2n) is 3.27. The lowest BCUT2D eigenvalue weighted by molar-refractivity contribution is 0.187. The standard InChI is InChI=1S/C11H10BrNO2/c1-7-6-13-4-2-8(7)10(14)11-9(12)3-5-15-11/h2-6,10,14H,1H3. The van der Waals surface area contributed by atoms with Crippen molar-refractivity contribution < 1.29 is 9.52 Å². The highest BCUT2D eigenvalue weighted by atomic mass is 79.9. The number of pyridine rings is 1. The Morgan fingerprint density at radius 3 is 2.87 bits per heavy atom. The first-order valence-electron chi connectivity index (χ1n) is 4.51. The summed E-state index contributed by atoms with van der Waals surface area (Å²) in [5.41, 5.74) is 1.74. The Balaban J connectivity index is 2.41. The Hall–Kier alpha value is -1.13. The van der Waals surface area contributed by atoms with E-state index in [1.807, 2.05) is 6.92 Å². The molecule has 0 amide bonds. The minimum absolute atomic E-state index is 0.518. The van der Waals surface area contributed by atoms with E-state index in [0.29, 0.717) is 5.76 Å². The summed E-state index contributed by atoms with van der Waals surface area (Å²) in [6, 6.07) is 3.55. The molecule has 4 heteroatoms. The molecule has 0 fully saturated rings. The molecule has 0 spiro atoms. The van der Waals surface area contributed by atoms with Crippen LogP contribution in [0.4, 0.5) is 0 Å². The van der Waals surface area contributed by atoms with Crippen molar-refractivity contribution in [1.29, 1.82) is 0 Å². The number of rotatable bonds is 2. The Bertz CT molecular complexity index is 467. The smallest absolute Gasteiger partial charge is 0.150 e. The summed E-state index contributed by atoms with van der Waals surface area (Å²) < 4.78 is 5.99. The van der Waals surface area contributed by atoms with Crippen LogP contribution in [-0.4, -0.2) is 10.1 Å². The molecule has 0 saturated carbocycles. The van der Waals surface area contributed by atoms with Crippen LogP contribution < -0.4 is 0 Å². The van der Waals surface area contributed by atoms with Gasteiger partial charge in [-0.15, -0.1) is 0 Å². The van der Waals surface area contributed by atoms with Crippen LogP contribution in [0.3, 0.4) is 0 Å². The van der Waals surface area contributed by atoms with Crippen LogP contribution in [-0.2, 0) is 0 Å². The predicted molar refractivity (Wildman–Crippen MR) is 59.4 cm³/mol. The second-order valence-corrected chi connectivity index (χ2v) is 4.12. The van der Waals surface area contributed by atoms with E-state index in [-0.39, 0.29) is 0 Å². The summed E-state index contributed by atoms with van der Waals surface area (Å²) in [5, 5.41) is 10.1. The molecule has 3 nitrogen and oxygen atoms in total. The van der Waals surface area contributed by atoms with Gasteiger partial charge in [-0.3, -0.25) is 4.98 Å². The molecule has 78 valence electrons. The number of aromatic nitrogens is 1. The highest BCUT2D eigenvalue weighted by molar-refractivity contribution is 9.10. The van der Waals surface area contributed by atoms with E-state index in [9.17, 15) is 5.11 Å². The average Bonchev–Trinajstić information content (AvgIpc) is 2.64. The van der Waals surface area contributed by atoms with Crippen molar-refractivity contribution in [2.75, 3.05) is 0 Å². The summed E-state index contributed by atoms with van der Waals surface area (Å²) in [4.78, 5) is 3.98. The SMILES string of the molecule is Cc1cnccc1C(O)c1occc1Br. The zero-order valence-corrected chi connectivity index (χ0v) is 9.73. The van der Waals surface area contributed by atoms with Crippen LogP contribution in [0.5, 0.6) is 0 Å². The predicted octanol–water partition coefficient (Wildman–Crippen LogP) is 2.83. The molecule has 2 aromatic heterocycles. The van der Waals surface area contributed by atoms with Gasteiger partial charge in [0.2, 0.25) is 0 Å². The normalized spacial score (nSPS) is 12.7. The first-order chi connectivity index (χ1) is 7.20. The molecule has 1 atom stereocenters. The summed E-state index contributed by atoms with van der Waals surface area (Å²) in [5.74, 6) is 0.518. The molecular weight excluding hydrogens is 258 g/mol. The van der Waals surface area contributed by atoms with Gasteiger partial charge in [-0.05, 0) is 46.1 Å². The Labute approximate surface area is 95.9 Å². The van der Waals surface area contributed by atoms with Gasteiger partial charge in [0.1, 0.15) is 6.10 Å². The maximum Gasteiger partial charge on any atom is 0.150 e. The third kappa shape index (κ3) is 1.96. The lowest BCUT2D eigenvalue weighted by Gasteiger charge is -2.11. The maximum absolute atomic E-state index is 10.1. The van der Waals surface area contributed by atoms with E-state index in [1.165, 1.54) is 0 Å². The Morgan fingerprint density at radius 2 is 2.27 bits per heavy atom. The molecule has 0 aliphatic heterocycles. The summed E-state index contributed by atoms with van der Waals surface area (Å²) in [6.07, 6.45) is 4.16. The van der Waals surface area contributed by atoms with Crippen molar-refractivity contribution in [3.8, 4) is 0 Å². The van der Waals surface area contributed by atoms with Gasteiger partial charge in [-0.25, -0.2) is 0 Å². The average molecular weight is 268 g/mol. The number of hydrogen-bond acceptors (Lipinski definition) is 3. The topological polar surface area (TPSA) is 46.3 Å². The van der Waals surface area contributed by atoms with E-state index >= 15 is 0 Å². The van der Waals surface area contributed by atoms with Gasteiger partial charge in [0.25, 0.3) is 0 Å². The van der Waals surface area contributed by atoms with Crippen molar-refractivity contribution in [1.82, 2.24) is 4.98 Å². The van der Waals surface area contributed by atoms with Crippen LogP contribution in [0.25, 0.3) is 0 Å². The van der Waals surface area contributed by atoms with Crippen LogP contribution in [0.2, 0.25) is 0 Å². The molecular formula is C11H10BrNO2. The lowest BCUT2D eigenvalue weighted by Crippen LogP contribution is -2.01. The maximum atomic E-state index is 10.1. The van der Waals surface area contributed by atoms with E-state index in [4.69, 9.17) is 4.42 Å². The fraction of sp³-hybridized carbons (Fsp3) is 0.182. The van der Waals surface area contributed by atoms with Gasteiger partial charge in [-0.1, -0.05) is 0 Å². The lowest BCUT2D eigenvalue weighted by atomic mass is 10.0. The van der Waals surface area contributed by atoms with Gasteiger partial charge in [0.05, 0.1) is 10.7 Å². The molecule has 0 saturated heterocycles. The molecule has 0 bridgehead atoms. The summed E-state index contributed by atoms with van der Waals surface area (Å²) in [7, 11) is 0. The zero-order valence-electron chi connectivity index (χ0n) is 8.14. The number of hydrogen-bond donors (Lipinski definition) is 1. The molecule has 0 aliphatic carbocycles. The zero-order chi connectivity index (χ0) is 10.8. The van der Waals surface area contributed by atoms with Crippen molar-refractivity contribution in [3.05, 3.63) is 52.1 Å². The molecule has 1 N–H and O–H groups in total. The van der Waals surface area contributed by atoms with Crippen LogP contribution in [0.15, 0.2) is 39.7 Å². The van der Waals surface area contributed by atoms with Crippen LogP contribution in [0.1, 0.15) is 23.0 Å². The van der Waals surface area contributed by atoms with E-state index in [1.54, 1.807) is 30.8 Å². The first-order valence-corrected chi connectivity index (χ1v) is 5.31. The van der Waals surface area contributed by atoms with Crippen molar-refractivity contribution in [2.45, 2.75) is 13.0 Å². The number of halogens is 1. The molecule has 0 aromatic carbocycles. The fourth-order valence-electron chi connectivity index (χ4n) is 1.43. The monoisotopic (exact) mass is 267 g/mol. The third-order valence-electron chi connectivity index (χ3n) is 2.25. The van der Waals surface area contributed by atoms with Gasteiger partial charge in [0.15, 0.2) is 5.76 Å². The van der Waals surface area contributed by atoms with Gasteiger partial charge in [0, 0.05) is 12.4 Å². The molecule has 2 rings (SSSR count). The Morgan fingerprint density at radius 1 is 1.47 bits per heavy atom. The molecule has 2 aromatic rings. The van der Waals surface area contributed by atoms with Gasteiger partial charge < -0.3 is 9.52 Å². The van der Waals surface area contributed by atoms with E-state index < -0.39 is 6.10 Å². The number of aryl methyl sites for hydroxylation is 1. The molecule has 0 radical (unpaired) electrons. The molecule has 1 unspecified atom stereocenters. The van der Waals surface area contributed by atoms with Crippen LogP contribution >= 0.6 is 15.9 Å². The quantitative estimate of drug-likeness (QED) is 0.910. The van der Waals surface area contributed by atoms with Crippen molar-refractivity contribution >= 4 is 15.9 Å². The van der Waals surface area contributed by atoms with Gasteiger partial charge in [-0.2, -0.15) is 0 Å². The number of nitrogens with zero attached hydrogens (tertiary/aromatic N) is 1. The van der Waals surface area contributed by atoms with Crippen LogP contribution in [0, 0.1) is 6.92 Å². The minimum Gasteiger partial charge on any atom is -0.465 e.